The van der Waals surface area contributed by atoms with Gasteiger partial charge in [-0.3, -0.25) is 4.90 Å². The van der Waals surface area contributed by atoms with Crippen LogP contribution >= 0.6 is 0 Å². The molecule has 5 atom stereocenters. The van der Waals surface area contributed by atoms with Crippen LogP contribution < -0.4 is 9.47 Å². The largest absolute Gasteiger partial charge is 0.508 e. The first-order valence-corrected chi connectivity index (χ1v) is 16.1. The summed E-state index contributed by atoms with van der Waals surface area (Å²) in [4.78, 5) is 14.0. The lowest BCUT2D eigenvalue weighted by atomic mass is 9.99. The zero-order chi connectivity index (χ0) is 33.1. The molecule has 0 aliphatic carbocycles. The molecular weight excluding hydrogens is 604 g/mol. The number of hydrogen-bond acceptors (Lipinski definition) is 9. The number of aromatic nitrogens is 1. The third-order valence-electron chi connectivity index (χ3n) is 9.13. The van der Waals surface area contributed by atoms with Crippen molar-refractivity contribution in [3.05, 3.63) is 77.9 Å². The minimum absolute atomic E-state index is 0.174. The third kappa shape index (κ3) is 7.24. The number of aliphatic carboxylic acids is 1. The van der Waals surface area contributed by atoms with Gasteiger partial charge in [0.15, 0.2) is 6.10 Å². The van der Waals surface area contributed by atoms with E-state index >= 15 is 0 Å². The van der Waals surface area contributed by atoms with Crippen molar-refractivity contribution in [2.75, 3.05) is 26.2 Å². The van der Waals surface area contributed by atoms with Crippen LogP contribution in [0.5, 0.6) is 17.2 Å². The van der Waals surface area contributed by atoms with E-state index in [1.54, 1.807) is 24.3 Å². The molecule has 2 fully saturated rings. The van der Waals surface area contributed by atoms with E-state index in [-0.39, 0.29) is 11.5 Å². The number of phenolic OH excluding ortho intramolecular Hbond substituents is 1. The second-order valence-electron chi connectivity index (χ2n) is 12.4. The summed E-state index contributed by atoms with van der Waals surface area (Å²) in [7, 11) is 0. The predicted octanol–water partition coefficient (Wildman–Crippen LogP) is 3.90. The van der Waals surface area contributed by atoms with Crippen molar-refractivity contribution < 1.29 is 44.5 Å². The predicted molar refractivity (Wildman–Crippen MR) is 175 cm³/mol. The second-order valence-corrected chi connectivity index (χ2v) is 12.4. The van der Waals surface area contributed by atoms with Crippen LogP contribution in [0.4, 0.5) is 0 Å². The fraction of sp³-hybridized carbons (Fsp3) is 0.417. The number of hydrogen-bond donors (Lipinski definition) is 5. The summed E-state index contributed by atoms with van der Waals surface area (Å²) in [6.07, 6.45) is -3.33. The highest BCUT2D eigenvalue weighted by atomic mass is 16.7. The Morgan fingerprint density at radius 2 is 1.55 bits per heavy atom. The van der Waals surface area contributed by atoms with E-state index in [4.69, 9.17) is 14.2 Å². The highest BCUT2D eigenvalue weighted by molar-refractivity contribution is 5.92. The van der Waals surface area contributed by atoms with Crippen molar-refractivity contribution in [2.24, 2.45) is 0 Å². The molecule has 0 unspecified atom stereocenters. The van der Waals surface area contributed by atoms with Gasteiger partial charge in [-0.25, -0.2) is 4.79 Å². The van der Waals surface area contributed by atoms with Crippen LogP contribution in [0.1, 0.15) is 36.8 Å². The van der Waals surface area contributed by atoms with E-state index in [0.717, 1.165) is 58.7 Å². The van der Waals surface area contributed by atoms with Gasteiger partial charge in [0, 0.05) is 24.0 Å². The molecule has 2 aliphatic rings. The Bertz CT molecular complexity index is 1660. The number of aliphatic hydroxyl groups excluding tert-OH is 3. The monoisotopic (exact) mass is 646 g/mol. The quantitative estimate of drug-likeness (QED) is 0.171. The summed E-state index contributed by atoms with van der Waals surface area (Å²) in [5, 5.41) is 51.0. The summed E-state index contributed by atoms with van der Waals surface area (Å²) >= 11 is 0. The number of benzene rings is 3. The molecule has 2 saturated heterocycles. The van der Waals surface area contributed by atoms with Gasteiger partial charge < -0.3 is 44.3 Å². The number of phenols is 1. The van der Waals surface area contributed by atoms with E-state index in [1.165, 1.54) is 25.7 Å². The smallest absolute Gasteiger partial charge is 0.335 e. The Hall–Kier alpha value is -4.13. The van der Waals surface area contributed by atoms with Gasteiger partial charge in [-0.1, -0.05) is 25.0 Å². The van der Waals surface area contributed by atoms with Gasteiger partial charge >= 0.3 is 5.97 Å². The number of likely N-dealkylation sites (tertiary alicyclic amines) is 1. The maximum Gasteiger partial charge on any atom is 0.335 e. The van der Waals surface area contributed by atoms with Crippen LogP contribution in [0.25, 0.3) is 22.2 Å². The molecular formula is C36H42N2O9. The minimum atomic E-state index is -1.80. The second kappa shape index (κ2) is 14.3. The number of carboxylic acids is 1. The fourth-order valence-corrected chi connectivity index (χ4v) is 6.55. The minimum Gasteiger partial charge on any atom is -0.508 e. The first kappa shape index (κ1) is 32.8. The fourth-order valence-electron chi connectivity index (χ4n) is 6.55. The van der Waals surface area contributed by atoms with Gasteiger partial charge in [0.25, 0.3) is 0 Å². The van der Waals surface area contributed by atoms with E-state index in [0.29, 0.717) is 13.2 Å². The van der Waals surface area contributed by atoms with Crippen LogP contribution in [0, 0.1) is 6.92 Å². The van der Waals surface area contributed by atoms with Gasteiger partial charge in [0.05, 0.1) is 5.69 Å². The number of aliphatic hydroxyl groups is 3. The Labute approximate surface area is 273 Å². The molecule has 3 heterocycles. The summed E-state index contributed by atoms with van der Waals surface area (Å²) in [6.45, 7) is 6.44. The summed E-state index contributed by atoms with van der Waals surface area (Å²) in [6, 6.07) is 20.5. The third-order valence-corrected chi connectivity index (χ3v) is 9.13. The molecule has 0 amide bonds. The lowest BCUT2D eigenvalue weighted by Gasteiger charge is -2.38. The first-order valence-electron chi connectivity index (χ1n) is 16.1. The van der Waals surface area contributed by atoms with E-state index < -0.39 is 36.7 Å². The highest BCUT2D eigenvalue weighted by Crippen LogP contribution is 2.37. The van der Waals surface area contributed by atoms with Gasteiger partial charge in [-0.2, -0.15) is 0 Å². The molecule has 0 spiro atoms. The molecule has 11 heteroatoms. The van der Waals surface area contributed by atoms with Crippen molar-refractivity contribution in [1.82, 2.24) is 9.47 Å². The Morgan fingerprint density at radius 3 is 2.23 bits per heavy atom. The number of carbonyl (C=O) groups is 1. The van der Waals surface area contributed by atoms with Crippen LogP contribution in [0.3, 0.4) is 0 Å². The molecule has 250 valence electrons. The van der Waals surface area contributed by atoms with E-state index in [1.807, 2.05) is 37.3 Å². The van der Waals surface area contributed by atoms with Crippen molar-refractivity contribution in [2.45, 2.75) is 69.9 Å². The average molecular weight is 647 g/mol. The summed E-state index contributed by atoms with van der Waals surface area (Å²) in [5.41, 5.74) is 4.81. The molecule has 2 aliphatic heterocycles. The molecule has 4 aromatic rings. The standard InChI is InChI=1S/C36H42N2O9/c1-22-28-20-25(39)10-15-29(28)38(21-23-6-11-26(12-7-23)45-19-18-37-16-4-2-3-5-17-37)30(22)24-8-13-27(14-9-24)46-36-33(42)31(40)32(41)34(47-36)35(43)44/h6-15,20,31-34,36,39-42H,2-5,16-19,21H2,1H3,(H,43,44)/t31-,32+,33-,34+,36-/m1/s1. The molecule has 11 nitrogen and oxygen atoms in total. The van der Waals surface area contributed by atoms with Crippen LogP contribution in [-0.4, -0.2) is 97.9 Å². The number of fused-ring (bicyclic) bond motifs is 1. The van der Waals surface area contributed by atoms with Gasteiger partial charge in [-0.15, -0.1) is 0 Å². The maximum absolute atomic E-state index is 11.5. The highest BCUT2D eigenvalue weighted by Gasteiger charge is 2.48. The number of ether oxygens (including phenoxy) is 3. The molecule has 47 heavy (non-hydrogen) atoms. The Morgan fingerprint density at radius 1 is 0.872 bits per heavy atom. The number of carboxylic acid groups (broad SMARTS) is 1. The first-order chi connectivity index (χ1) is 22.7. The normalized spacial score (nSPS) is 23.8. The number of rotatable bonds is 10. The molecule has 1 aromatic heterocycles. The Kier molecular flexibility index (Phi) is 10.00. The molecule has 3 aromatic carbocycles. The SMILES string of the molecule is Cc1c(-c2ccc(O[C@@H]3O[C@H](C(=O)O)[C@@H](O)[C@@H](O)[C@H]3O)cc2)n(Cc2ccc(OCCN3CCCCCC3)cc2)c2ccc(O)cc12. The molecule has 5 N–H and O–H groups in total. The van der Waals surface area contributed by atoms with Crippen molar-refractivity contribution in [3.8, 4) is 28.5 Å². The van der Waals surface area contributed by atoms with Crippen LogP contribution in [0.15, 0.2) is 66.7 Å². The van der Waals surface area contributed by atoms with Gasteiger partial charge in [0.2, 0.25) is 6.29 Å². The van der Waals surface area contributed by atoms with Crippen molar-refractivity contribution >= 4 is 16.9 Å². The van der Waals surface area contributed by atoms with E-state index in [9.17, 15) is 30.3 Å². The van der Waals surface area contributed by atoms with Crippen molar-refractivity contribution in [3.63, 3.8) is 0 Å². The molecule has 0 bridgehead atoms. The maximum atomic E-state index is 11.5. The molecule has 0 radical (unpaired) electrons. The van der Waals surface area contributed by atoms with Gasteiger partial charge in [0.1, 0.15) is 42.2 Å². The number of aromatic hydroxyl groups is 1. The van der Waals surface area contributed by atoms with Gasteiger partial charge in [-0.05, 0) is 104 Å². The van der Waals surface area contributed by atoms with Crippen LogP contribution in [-0.2, 0) is 16.1 Å². The number of nitrogens with zero attached hydrogens (tertiary/aromatic N) is 2. The van der Waals surface area contributed by atoms with E-state index in [2.05, 4.69) is 21.6 Å². The summed E-state index contributed by atoms with van der Waals surface area (Å²) in [5.74, 6) is -0.198. The zero-order valence-corrected chi connectivity index (χ0v) is 26.4. The summed E-state index contributed by atoms with van der Waals surface area (Å²) < 4.78 is 19.2. The zero-order valence-electron chi connectivity index (χ0n) is 26.4. The van der Waals surface area contributed by atoms with Crippen molar-refractivity contribution in [1.29, 1.82) is 0 Å². The lowest BCUT2D eigenvalue weighted by molar-refractivity contribution is -0.271. The molecule has 0 saturated carbocycles. The number of aryl methyl sites for hydroxylation is 1. The molecule has 6 rings (SSSR count). The topological polar surface area (TPSA) is 154 Å². The van der Waals surface area contributed by atoms with Crippen LogP contribution in [0.2, 0.25) is 0 Å². The lowest BCUT2D eigenvalue weighted by Crippen LogP contribution is -2.61. The average Bonchev–Trinajstić information content (AvgIpc) is 3.19. The Balaban J connectivity index is 1.20.